The third-order valence-electron chi connectivity index (χ3n) is 3.98. The Bertz CT molecular complexity index is 605. The molecule has 0 spiro atoms. The van der Waals surface area contributed by atoms with Gasteiger partial charge in [-0.3, -0.25) is 4.79 Å². The Morgan fingerprint density at radius 3 is 3.00 bits per heavy atom. The molecule has 0 fully saturated rings. The van der Waals surface area contributed by atoms with Gasteiger partial charge in [0.2, 0.25) is 5.91 Å². The average Bonchev–Trinajstić information content (AvgIpc) is 3.15. The lowest BCUT2D eigenvalue weighted by atomic mass is 9.88. The van der Waals surface area contributed by atoms with E-state index in [0.717, 1.165) is 22.7 Å². The maximum Gasteiger partial charge on any atom is 0.226 e. The van der Waals surface area contributed by atoms with E-state index < -0.39 is 5.60 Å². The molecule has 2 atom stereocenters. The monoisotopic (exact) mass is 322 g/mol. The molecule has 22 heavy (non-hydrogen) atoms. The van der Waals surface area contributed by atoms with Gasteiger partial charge in [0, 0.05) is 17.5 Å². The van der Waals surface area contributed by atoms with Crippen LogP contribution in [0.3, 0.4) is 0 Å². The van der Waals surface area contributed by atoms with Gasteiger partial charge < -0.3 is 14.8 Å². The van der Waals surface area contributed by atoms with Crippen molar-refractivity contribution < 1.29 is 14.3 Å². The number of aromatic nitrogens is 1. The van der Waals surface area contributed by atoms with E-state index in [4.69, 9.17) is 4.42 Å². The van der Waals surface area contributed by atoms with Gasteiger partial charge in [-0.25, -0.2) is 4.98 Å². The van der Waals surface area contributed by atoms with Crippen molar-refractivity contribution in [2.45, 2.75) is 39.2 Å². The van der Waals surface area contributed by atoms with Crippen LogP contribution in [0.5, 0.6) is 0 Å². The number of hydrogen-bond donors (Lipinski definition) is 2. The third-order valence-corrected chi connectivity index (χ3v) is 4.92. The standard InChI is InChI=1S/C16H22N2O3S/c1-4-11(2)16(3,20)10-17-14(19)7-13-9-22-15(18-13)12-5-6-21-8-12/h5-6,8-9,11,20H,4,7,10H2,1-3H3,(H,17,19). The molecule has 2 rings (SSSR count). The lowest BCUT2D eigenvalue weighted by Crippen LogP contribution is -2.45. The zero-order chi connectivity index (χ0) is 16.2. The fourth-order valence-corrected chi connectivity index (χ4v) is 2.83. The highest BCUT2D eigenvalue weighted by Gasteiger charge is 2.27. The van der Waals surface area contributed by atoms with Gasteiger partial charge >= 0.3 is 0 Å². The van der Waals surface area contributed by atoms with Gasteiger partial charge in [0.25, 0.3) is 0 Å². The number of thiazole rings is 1. The van der Waals surface area contributed by atoms with E-state index in [-0.39, 0.29) is 24.8 Å². The fourth-order valence-electron chi connectivity index (χ4n) is 2.03. The van der Waals surface area contributed by atoms with Crippen LogP contribution >= 0.6 is 11.3 Å². The SMILES string of the molecule is CCC(C)C(C)(O)CNC(=O)Cc1csc(-c2ccoc2)n1. The van der Waals surface area contributed by atoms with Crippen LogP contribution in [0.15, 0.2) is 28.4 Å². The minimum absolute atomic E-state index is 0.125. The molecule has 2 N–H and O–H groups in total. The van der Waals surface area contributed by atoms with Crippen LogP contribution in [0.25, 0.3) is 10.6 Å². The van der Waals surface area contributed by atoms with Crippen molar-refractivity contribution in [1.29, 1.82) is 0 Å². The molecule has 2 unspecified atom stereocenters. The lowest BCUT2D eigenvalue weighted by molar-refractivity contribution is -0.122. The minimum Gasteiger partial charge on any atom is -0.472 e. The van der Waals surface area contributed by atoms with Gasteiger partial charge in [-0.1, -0.05) is 20.3 Å². The van der Waals surface area contributed by atoms with Crippen molar-refractivity contribution in [1.82, 2.24) is 10.3 Å². The van der Waals surface area contributed by atoms with Crippen LogP contribution < -0.4 is 5.32 Å². The summed E-state index contributed by atoms with van der Waals surface area (Å²) >= 11 is 1.48. The Labute approximate surface area is 134 Å². The predicted octanol–water partition coefficient (Wildman–Crippen LogP) is 2.86. The summed E-state index contributed by atoms with van der Waals surface area (Å²) in [5, 5.41) is 15.8. The summed E-state index contributed by atoms with van der Waals surface area (Å²) in [5.41, 5.74) is 0.743. The molecule has 0 saturated carbocycles. The number of amides is 1. The normalized spacial score (nSPS) is 15.3. The number of carbonyl (C=O) groups is 1. The van der Waals surface area contributed by atoms with Crippen LogP contribution in [-0.4, -0.2) is 28.1 Å². The first-order valence-corrected chi connectivity index (χ1v) is 8.26. The number of furan rings is 1. The molecule has 0 aliphatic rings. The van der Waals surface area contributed by atoms with Crippen molar-refractivity contribution in [2.75, 3.05) is 6.54 Å². The first-order chi connectivity index (χ1) is 10.4. The smallest absolute Gasteiger partial charge is 0.226 e. The molecular formula is C16H22N2O3S. The van der Waals surface area contributed by atoms with E-state index in [9.17, 15) is 9.90 Å². The van der Waals surface area contributed by atoms with Crippen molar-refractivity contribution in [3.8, 4) is 10.6 Å². The summed E-state index contributed by atoms with van der Waals surface area (Å²) in [6, 6.07) is 1.84. The number of rotatable bonds is 7. The zero-order valence-electron chi connectivity index (χ0n) is 13.1. The van der Waals surface area contributed by atoms with E-state index >= 15 is 0 Å². The Morgan fingerprint density at radius 1 is 1.59 bits per heavy atom. The van der Waals surface area contributed by atoms with E-state index in [1.807, 2.05) is 25.3 Å². The van der Waals surface area contributed by atoms with E-state index in [1.165, 1.54) is 11.3 Å². The summed E-state index contributed by atoms with van der Waals surface area (Å²) in [6.07, 6.45) is 4.31. The maximum absolute atomic E-state index is 12.0. The summed E-state index contributed by atoms with van der Waals surface area (Å²) < 4.78 is 5.03. The Hall–Kier alpha value is -1.66. The molecule has 0 bridgehead atoms. The Kier molecular flexibility index (Phi) is 5.37. The molecule has 0 radical (unpaired) electrons. The number of carbonyl (C=O) groups excluding carboxylic acids is 1. The van der Waals surface area contributed by atoms with Gasteiger partial charge in [-0.05, 0) is 18.9 Å². The first kappa shape index (κ1) is 16.7. The molecular weight excluding hydrogens is 300 g/mol. The first-order valence-electron chi connectivity index (χ1n) is 7.38. The molecule has 0 aliphatic carbocycles. The third kappa shape index (κ3) is 4.18. The summed E-state index contributed by atoms with van der Waals surface area (Å²) in [5.74, 6) is -0.00705. The minimum atomic E-state index is -0.894. The van der Waals surface area contributed by atoms with Crippen LogP contribution in [0.1, 0.15) is 32.9 Å². The van der Waals surface area contributed by atoms with Gasteiger partial charge in [0.1, 0.15) is 11.3 Å². The lowest BCUT2D eigenvalue weighted by Gasteiger charge is -2.29. The van der Waals surface area contributed by atoms with Gasteiger partial charge in [-0.15, -0.1) is 11.3 Å². The molecule has 0 saturated heterocycles. The molecule has 2 aromatic rings. The maximum atomic E-state index is 12.0. The second kappa shape index (κ2) is 7.07. The van der Waals surface area contributed by atoms with Crippen molar-refractivity contribution in [3.05, 3.63) is 29.7 Å². The summed E-state index contributed by atoms with van der Waals surface area (Å²) in [4.78, 5) is 16.4. The van der Waals surface area contributed by atoms with Crippen molar-refractivity contribution >= 4 is 17.2 Å². The number of aliphatic hydroxyl groups is 1. The highest BCUT2D eigenvalue weighted by atomic mass is 32.1. The second-order valence-corrected chi connectivity index (χ2v) is 6.63. The highest BCUT2D eigenvalue weighted by Crippen LogP contribution is 2.24. The Balaban J connectivity index is 1.88. The second-order valence-electron chi connectivity index (χ2n) is 5.78. The quantitative estimate of drug-likeness (QED) is 0.822. The molecule has 2 aromatic heterocycles. The molecule has 0 aliphatic heterocycles. The summed E-state index contributed by atoms with van der Waals surface area (Å²) in [7, 11) is 0. The number of hydrogen-bond acceptors (Lipinski definition) is 5. The van der Waals surface area contributed by atoms with E-state index in [0.29, 0.717) is 0 Å². The van der Waals surface area contributed by atoms with Crippen LogP contribution in [0.4, 0.5) is 0 Å². The van der Waals surface area contributed by atoms with Crippen molar-refractivity contribution in [3.63, 3.8) is 0 Å². The molecule has 5 nitrogen and oxygen atoms in total. The zero-order valence-corrected chi connectivity index (χ0v) is 13.9. The van der Waals surface area contributed by atoms with Crippen molar-refractivity contribution in [2.24, 2.45) is 5.92 Å². The largest absolute Gasteiger partial charge is 0.472 e. The molecule has 6 heteroatoms. The van der Waals surface area contributed by atoms with Gasteiger partial charge in [-0.2, -0.15) is 0 Å². The van der Waals surface area contributed by atoms with E-state index in [2.05, 4.69) is 10.3 Å². The van der Waals surface area contributed by atoms with Gasteiger partial charge in [0.15, 0.2) is 0 Å². The topological polar surface area (TPSA) is 75.4 Å². The van der Waals surface area contributed by atoms with Crippen LogP contribution in [0, 0.1) is 5.92 Å². The number of nitrogens with zero attached hydrogens (tertiary/aromatic N) is 1. The molecule has 0 aromatic carbocycles. The van der Waals surface area contributed by atoms with E-state index in [1.54, 1.807) is 19.5 Å². The molecule has 120 valence electrons. The predicted molar refractivity (Wildman–Crippen MR) is 86.6 cm³/mol. The molecule has 1 amide bonds. The summed E-state index contributed by atoms with van der Waals surface area (Å²) in [6.45, 7) is 6.00. The van der Waals surface area contributed by atoms with Crippen LogP contribution in [0.2, 0.25) is 0 Å². The Morgan fingerprint density at radius 2 is 2.36 bits per heavy atom. The molecule has 2 heterocycles. The number of nitrogens with one attached hydrogen (secondary N) is 1. The van der Waals surface area contributed by atoms with Gasteiger partial charge in [0.05, 0.1) is 24.0 Å². The fraction of sp³-hybridized carbons (Fsp3) is 0.500. The van der Waals surface area contributed by atoms with Crippen LogP contribution in [-0.2, 0) is 11.2 Å². The average molecular weight is 322 g/mol. The highest BCUT2D eigenvalue weighted by molar-refractivity contribution is 7.13.